The minimum absolute atomic E-state index is 0.165. The van der Waals surface area contributed by atoms with Crippen molar-refractivity contribution in [3.05, 3.63) is 11.9 Å². The maximum Gasteiger partial charge on any atom is 0.224 e. The Bertz CT molecular complexity index is 571. The fourth-order valence-electron chi connectivity index (χ4n) is 2.13. The number of fused-ring (bicyclic) bond motifs is 1. The quantitative estimate of drug-likeness (QED) is 0.901. The molecule has 0 spiro atoms. The SMILES string of the molecule is Cc1cn2nc(NCCC(=O)N3CCOCC3)sc2n1. The third-order valence-corrected chi connectivity index (χ3v) is 4.02. The lowest BCUT2D eigenvalue weighted by molar-refractivity contribution is -0.134. The van der Waals surface area contributed by atoms with Gasteiger partial charge in [0.2, 0.25) is 16.0 Å². The number of rotatable bonds is 4. The van der Waals surface area contributed by atoms with Crippen LogP contribution in [0.3, 0.4) is 0 Å². The molecular weight excluding hydrogens is 278 g/mol. The summed E-state index contributed by atoms with van der Waals surface area (Å²) < 4.78 is 6.99. The van der Waals surface area contributed by atoms with Gasteiger partial charge in [0.1, 0.15) is 0 Å². The molecule has 0 unspecified atom stereocenters. The zero-order valence-electron chi connectivity index (χ0n) is 11.3. The van der Waals surface area contributed by atoms with Crippen molar-refractivity contribution < 1.29 is 9.53 Å². The van der Waals surface area contributed by atoms with Crippen molar-refractivity contribution in [2.45, 2.75) is 13.3 Å². The molecule has 1 saturated heterocycles. The van der Waals surface area contributed by atoms with Crippen LogP contribution in [-0.4, -0.2) is 58.3 Å². The van der Waals surface area contributed by atoms with E-state index in [1.807, 2.05) is 18.0 Å². The standard InChI is InChI=1S/C12H17N5O2S/c1-9-8-17-12(14-9)20-11(15-17)13-3-2-10(18)16-4-6-19-7-5-16/h8H,2-7H2,1H3,(H,13,15). The van der Waals surface area contributed by atoms with Gasteiger partial charge in [-0.25, -0.2) is 9.50 Å². The zero-order valence-corrected chi connectivity index (χ0v) is 12.2. The van der Waals surface area contributed by atoms with E-state index in [4.69, 9.17) is 4.74 Å². The normalized spacial score (nSPS) is 15.8. The summed E-state index contributed by atoms with van der Waals surface area (Å²) in [7, 11) is 0. The van der Waals surface area contributed by atoms with Crippen LogP contribution >= 0.6 is 11.3 Å². The van der Waals surface area contributed by atoms with Gasteiger partial charge in [0.05, 0.1) is 25.1 Å². The summed E-state index contributed by atoms with van der Waals surface area (Å²) in [6, 6.07) is 0. The molecule has 20 heavy (non-hydrogen) atoms. The highest BCUT2D eigenvalue weighted by molar-refractivity contribution is 7.20. The number of carbonyl (C=O) groups is 1. The van der Waals surface area contributed by atoms with Crippen LogP contribution < -0.4 is 5.32 Å². The number of morpholine rings is 1. The maximum atomic E-state index is 12.0. The second-order valence-corrected chi connectivity index (χ2v) is 5.64. The number of amides is 1. The molecule has 1 amide bonds. The Balaban J connectivity index is 1.49. The number of hydrogen-bond acceptors (Lipinski definition) is 6. The number of carbonyl (C=O) groups excluding carboxylic acids is 1. The van der Waals surface area contributed by atoms with Gasteiger partial charge < -0.3 is 15.0 Å². The first-order valence-corrected chi connectivity index (χ1v) is 7.46. The molecule has 1 fully saturated rings. The summed E-state index contributed by atoms with van der Waals surface area (Å²) in [6.45, 7) is 5.21. The molecule has 0 bridgehead atoms. The van der Waals surface area contributed by atoms with Crippen molar-refractivity contribution in [1.82, 2.24) is 19.5 Å². The Labute approximate surface area is 120 Å². The first-order valence-electron chi connectivity index (χ1n) is 6.64. The lowest BCUT2D eigenvalue weighted by atomic mass is 10.3. The van der Waals surface area contributed by atoms with Crippen LogP contribution in [0.5, 0.6) is 0 Å². The molecule has 1 N–H and O–H groups in total. The van der Waals surface area contributed by atoms with Crippen molar-refractivity contribution in [3.8, 4) is 0 Å². The molecule has 0 saturated carbocycles. The van der Waals surface area contributed by atoms with E-state index in [1.165, 1.54) is 11.3 Å². The Morgan fingerprint density at radius 1 is 1.50 bits per heavy atom. The van der Waals surface area contributed by atoms with Gasteiger partial charge in [-0.3, -0.25) is 4.79 Å². The van der Waals surface area contributed by atoms with E-state index in [1.54, 1.807) is 4.52 Å². The van der Waals surface area contributed by atoms with Crippen LogP contribution in [-0.2, 0) is 9.53 Å². The van der Waals surface area contributed by atoms with Crippen molar-refractivity contribution in [2.75, 3.05) is 38.2 Å². The van der Waals surface area contributed by atoms with Crippen LogP contribution in [0.25, 0.3) is 4.96 Å². The Hall–Kier alpha value is -1.67. The summed E-state index contributed by atoms with van der Waals surface area (Å²) in [5.74, 6) is 0.165. The molecule has 3 heterocycles. The highest BCUT2D eigenvalue weighted by atomic mass is 32.1. The monoisotopic (exact) mass is 295 g/mol. The average molecular weight is 295 g/mol. The van der Waals surface area contributed by atoms with E-state index >= 15 is 0 Å². The van der Waals surface area contributed by atoms with Crippen LogP contribution in [0, 0.1) is 6.92 Å². The van der Waals surface area contributed by atoms with E-state index in [0.717, 1.165) is 15.8 Å². The third-order valence-electron chi connectivity index (χ3n) is 3.14. The molecule has 2 aromatic rings. The smallest absolute Gasteiger partial charge is 0.224 e. The second kappa shape index (κ2) is 5.76. The molecule has 0 aliphatic carbocycles. The number of ether oxygens (including phenoxy) is 1. The largest absolute Gasteiger partial charge is 0.378 e. The lowest BCUT2D eigenvalue weighted by Gasteiger charge is -2.26. The van der Waals surface area contributed by atoms with Crippen LogP contribution in [0.1, 0.15) is 12.1 Å². The zero-order chi connectivity index (χ0) is 13.9. The van der Waals surface area contributed by atoms with Crippen LogP contribution in [0.15, 0.2) is 6.20 Å². The Morgan fingerprint density at radius 2 is 2.30 bits per heavy atom. The van der Waals surface area contributed by atoms with Crippen LogP contribution in [0.2, 0.25) is 0 Å². The number of imidazole rings is 1. The molecule has 0 atom stereocenters. The minimum atomic E-state index is 0.165. The molecule has 1 aliphatic heterocycles. The average Bonchev–Trinajstić information content (AvgIpc) is 2.96. The fraction of sp³-hybridized carbons (Fsp3) is 0.583. The van der Waals surface area contributed by atoms with Crippen LogP contribution in [0.4, 0.5) is 5.13 Å². The van der Waals surface area contributed by atoms with E-state index in [0.29, 0.717) is 39.3 Å². The number of nitrogens with one attached hydrogen (secondary N) is 1. The summed E-state index contributed by atoms with van der Waals surface area (Å²) >= 11 is 1.49. The molecule has 108 valence electrons. The molecular formula is C12H17N5O2S. The first kappa shape index (κ1) is 13.3. The number of aromatic nitrogens is 3. The van der Waals surface area contributed by atoms with Gasteiger partial charge in [-0.15, -0.1) is 5.10 Å². The van der Waals surface area contributed by atoms with E-state index in [2.05, 4.69) is 15.4 Å². The fourth-order valence-corrected chi connectivity index (χ4v) is 2.98. The van der Waals surface area contributed by atoms with E-state index in [-0.39, 0.29) is 5.91 Å². The van der Waals surface area contributed by atoms with E-state index in [9.17, 15) is 4.79 Å². The highest BCUT2D eigenvalue weighted by Gasteiger charge is 2.16. The summed E-state index contributed by atoms with van der Waals surface area (Å²) in [5.41, 5.74) is 0.956. The second-order valence-electron chi connectivity index (χ2n) is 4.69. The third kappa shape index (κ3) is 2.91. The Kier molecular flexibility index (Phi) is 3.83. The molecule has 0 radical (unpaired) electrons. The maximum absolute atomic E-state index is 12.0. The predicted octanol–water partition coefficient (Wildman–Crippen LogP) is 0.760. The van der Waals surface area contributed by atoms with Crippen molar-refractivity contribution in [3.63, 3.8) is 0 Å². The summed E-state index contributed by atoms with van der Waals surface area (Å²) in [6.07, 6.45) is 2.36. The van der Waals surface area contributed by atoms with Gasteiger partial charge in [0.25, 0.3) is 0 Å². The van der Waals surface area contributed by atoms with Gasteiger partial charge in [-0.1, -0.05) is 11.3 Å². The van der Waals surface area contributed by atoms with Gasteiger partial charge in [0.15, 0.2) is 0 Å². The summed E-state index contributed by atoms with van der Waals surface area (Å²) in [5, 5.41) is 8.33. The molecule has 1 aliphatic rings. The molecule has 0 aromatic carbocycles. The van der Waals surface area contributed by atoms with Crippen molar-refractivity contribution in [1.29, 1.82) is 0 Å². The molecule has 7 nitrogen and oxygen atoms in total. The topological polar surface area (TPSA) is 71.8 Å². The first-order chi connectivity index (χ1) is 9.72. The number of aryl methyl sites for hydroxylation is 1. The summed E-state index contributed by atoms with van der Waals surface area (Å²) in [4.78, 5) is 19.0. The number of anilines is 1. The van der Waals surface area contributed by atoms with Gasteiger partial charge in [0, 0.05) is 26.1 Å². The minimum Gasteiger partial charge on any atom is -0.378 e. The number of nitrogens with zero attached hydrogens (tertiary/aromatic N) is 4. The van der Waals surface area contributed by atoms with Gasteiger partial charge in [-0.2, -0.15) is 0 Å². The molecule has 3 rings (SSSR count). The number of hydrogen-bond donors (Lipinski definition) is 1. The predicted molar refractivity (Wildman–Crippen MR) is 76.1 cm³/mol. The van der Waals surface area contributed by atoms with Crippen molar-refractivity contribution >= 4 is 27.3 Å². The van der Waals surface area contributed by atoms with Gasteiger partial charge in [-0.05, 0) is 6.92 Å². The Morgan fingerprint density at radius 3 is 3.05 bits per heavy atom. The molecule has 8 heteroatoms. The highest BCUT2D eigenvalue weighted by Crippen LogP contribution is 2.18. The van der Waals surface area contributed by atoms with Gasteiger partial charge >= 0.3 is 0 Å². The molecule has 2 aromatic heterocycles. The lowest BCUT2D eigenvalue weighted by Crippen LogP contribution is -2.41. The van der Waals surface area contributed by atoms with Crippen molar-refractivity contribution in [2.24, 2.45) is 0 Å². The van der Waals surface area contributed by atoms with E-state index < -0.39 is 0 Å².